The quantitative estimate of drug-likeness (QED) is 0.234. The molecule has 0 spiro atoms. The van der Waals surface area contributed by atoms with Gasteiger partial charge in [-0.15, -0.1) is 25.7 Å². The molecule has 2 saturated heterocycles. The number of carbonyl (C=O) groups excluding carboxylic acids is 1. The van der Waals surface area contributed by atoms with Crippen LogP contribution in [0, 0.1) is 25.7 Å². The molecule has 0 bridgehead atoms. The van der Waals surface area contributed by atoms with E-state index >= 15 is 0 Å². The maximum absolute atomic E-state index is 10.1. The van der Waals surface area contributed by atoms with Crippen molar-refractivity contribution in [2.45, 2.75) is 58.8 Å². The Morgan fingerprint density at radius 1 is 1.12 bits per heavy atom. The van der Waals surface area contributed by atoms with E-state index in [1.807, 2.05) is 24.1 Å². The zero-order chi connectivity index (χ0) is 26.5. The predicted octanol–water partition coefficient (Wildman–Crippen LogP) is 3.04. The van der Waals surface area contributed by atoms with Crippen LogP contribution < -0.4 is 10.6 Å². The van der Waals surface area contributed by atoms with Gasteiger partial charge in [-0.05, 0) is 30.9 Å². The topological polar surface area (TPSA) is 62.8 Å². The average molecular weight is 474 g/mol. The molecule has 2 rings (SSSR count). The molecule has 0 aromatic carbocycles. The second-order valence-electron chi connectivity index (χ2n) is 7.75. The first-order valence-electron chi connectivity index (χ1n) is 12.4. The van der Waals surface area contributed by atoms with Crippen molar-refractivity contribution < 1.29 is 20.2 Å². The molecule has 0 aliphatic carbocycles. The number of rotatable bonds is 9. The first-order valence-corrected chi connectivity index (χ1v) is 12.4. The number of unbranched alkanes of at least 4 members (excludes halogenated alkanes) is 2. The van der Waals surface area contributed by atoms with E-state index in [4.69, 9.17) is 4.74 Å². The molecule has 0 atom stereocenters. The predicted molar refractivity (Wildman–Crippen MR) is 147 cm³/mol. The summed E-state index contributed by atoms with van der Waals surface area (Å²) >= 11 is 0. The molecule has 5 nitrogen and oxygen atoms in total. The lowest BCUT2D eigenvalue weighted by Crippen LogP contribution is -2.80. The number of carbonyl (C=O) groups is 1. The van der Waals surface area contributed by atoms with Gasteiger partial charge in [-0.2, -0.15) is 0 Å². The number of piperidine rings is 1. The van der Waals surface area contributed by atoms with Gasteiger partial charge in [0.25, 0.3) is 0 Å². The van der Waals surface area contributed by atoms with Crippen molar-refractivity contribution in [1.82, 2.24) is 4.90 Å². The minimum atomic E-state index is 0.857. The Balaban J connectivity index is -0.000000468. The summed E-state index contributed by atoms with van der Waals surface area (Å²) in [5.74, 6) is 0.857. The van der Waals surface area contributed by atoms with E-state index in [-0.39, 0.29) is 0 Å². The van der Waals surface area contributed by atoms with Crippen molar-refractivity contribution in [3.8, 4) is 25.7 Å². The fraction of sp³-hybridized carbons (Fsp3) is 0.552. The number of nitrogens with two attached hydrogens (primary N) is 2. The van der Waals surface area contributed by atoms with Crippen molar-refractivity contribution in [2.24, 2.45) is 0 Å². The molecule has 192 valence electrons. The Hall–Kier alpha value is -2.73. The number of ether oxygens (including phenoxy) is 1. The van der Waals surface area contributed by atoms with E-state index in [9.17, 15) is 4.79 Å². The zero-order valence-electron chi connectivity index (χ0n) is 22.3. The first-order chi connectivity index (χ1) is 16.6. The molecule has 2 aliphatic rings. The van der Waals surface area contributed by atoms with Gasteiger partial charge in [-0.1, -0.05) is 57.9 Å². The Morgan fingerprint density at radius 2 is 1.74 bits per heavy atom. The monoisotopic (exact) mass is 473 g/mol. The fourth-order valence-electron chi connectivity index (χ4n) is 3.22. The van der Waals surface area contributed by atoms with Crippen molar-refractivity contribution in [3.05, 3.63) is 47.8 Å². The molecule has 0 aromatic rings. The van der Waals surface area contributed by atoms with E-state index in [1.165, 1.54) is 57.1 Å². The summed E-state index contributed by atoms with van der Waals surface area (Å²) in [6, 6.07) is 0. The lowest BCUT2D eigenvalue weighted by molar-refractivity contribution is -0.632. The third kappa shape index (κ3) is 22.5. The summed E-state index contributed by atoms with van der Waals surface area (Å²) in [7, 11) is 3.71. The van der Waals surface area contributed by atoms with Gasteiger partial charge in [0, 0.05) is 25.1 Å². The van der Waals surface area contributed by atoms with Gasteiger partial charge in [0.2, 0.25) is 6.41 Å². The van der Waals surface area contributed by atoms with Crippen LogP contribution in [0.25, 0.3) is 0 Å². The first kappa shape index (κ1) is 35.9. The van der Waals surface area contributed by atoms with Crippen LogP contribution in [0.3, 0.4) is 0 Å². The molecule has 0 aromatic heterocycles. The average Bonchev–Trinajstić information content (AvgIpc) is 3.42. The highest BCUT2D eigenvalue weighted by Gasteiger charge is 2.07. The minimum absolute atomic E-state index is 0.857. The molecule has 0 unspecified atom stereocenters. The van der Waals surface area contributed by atoms with E-state index < -0.39 is 0 Å². The Morgan fingerprint density at radius 3 is 2.12 bits per heavy atom. The van der Waals surface area contributed by atoms with Crippen LogP contribution >= 0.6 is 0 Å². The SMILES string of the molecule is C#C.C#C.C=C(C[NH2+]C)\C(=C/C=C\C=C1\CC[NH2+]C1)OC.CCCCC.O=CN1CCCCC1. The van der Waals surface area contributed by atoms with Crippen LogP contribution in [0.5, 0.6) is 0 Å². The number of allylic oxidation sites excluding steroid dienone is 4. The molecule has 34 heavy (non-hydrogen) atoms. The highest BCUT2D eigenvalue weighted by atomic mass is 16.5. The lowest BCUT2D eigenvalue weighted by Gasteiger charge is -2.21. The Labute approximate surface area is 210 Å². The van der Waals surface area contributed by atoms with E-state index in [2.05, 4.69) is 68.9 Å². The summed E-state index contributed by atoms with van der Waals surface area (Å²) in [4.78, 5) is 11.9. The molecule has 1 amide bonds. The summed E-state index contributed by atoms with van der Waals surface area (Å²) in [5.41, 5.74) is 2.52. The standard InChI is InChI=1S/C14H22N2O.C6H11NO.C5H12.2C2H2/c1-12(10-15-2)14(17-3)7-5-4-6-13-8-9-16-11-13;8-6-7-4-2-1-3-5-7;1-3-5-4-2;2*1-2/h4-7,15-16H,1,8-11H2,2-3H3;6H,1-5H2;3-5H2,1-2H3;2*1-2H/p+2/b5-4-,13-6-,14-7+;;;;. The smallest absolute Gasteiger partial charge is 0.209 e. The molecule has 0 saturated carbocycles. The maximum Gasteiger partial charge on any atom is 0.209 e. The number of hydrogen-bond acceptors (Lipinski definition) is 2. The van der Waals surface area contributed by atoms with Crippen LogP contribution in [-0.4, -0.2) is 58.2 Å². The normalized spacial score (nSPS) is 15.8. The number of nitrogens with zero attached hydrogens (tertiary/aromatic N) is 1. The molecular formula is C29H51N3O2+2. The highest BCUT2D eigenvalue weighted by Crippen LogP contribution is 2.07. The molecule has 2 heterocycles. The molecular weight excluding hydrogens is 422 g/mol. The van der Waals surface area contributed by atoms with Gasteiger partial charge in [-0.3, -0.25) is 4.79 Å². The largest absolute Gasteiger partial charge is 0.496 e. The molecule has 5 heteroatoms. The van der Waals surface area contributed by atoms with Crippen molar-refractivity contribution >= 4 is 6.41 Å². The number of likely N-dealkylation sites (N-methyl/N-ethyl adjacent to an activating group) is 1. The van der Waals surface area contributed by atoms with Gasteiger partial charge in [0.1, 0.15) is 12.3 Å². The van der Waals surface area contributed by atoms with Crippen LogP contribution in [0.15, 0.2) is 47.8 Å². The maximum atomic E-state index is 10.1. The number of terminal acetylenes is 2. The van der Waals surface area contributed by atoms with Crippen molar-refractivity contribution in [1.29, 1.82) is 0 Å². The van der Waals surface area contributed by atoms with Crippen LogP contribution in [0.2, 0.25) is 0 Å². The Kier molecular flexibility index (Phi) is 31.9. The van der Waals surface area contributed by atoms with Gasteiger partial charge in [0.15, 0.2) is 0 Å². The zero-order valence-corrected chi connectivity index (χ0v) is 22.3. The van der Waals surface area contributed by atoms with Crippen LogP contribution in [-0.2, 0) is 9.53 Å². The molecule has 4 N–H and O–H groups in total. The van der Waals surface area contributed by atoms with Crippen molar-refractivity contribution in [2.75, 3.05) is 46.9 Å². The third-order valence-corrected chi connectivity index (χ3v) is 5.03. The number of hydrogen-bond donors (Lipinski definition) is 2. The minimum Gasteiger partial charge on any atom is -0.496 e. The van der Waals surface area contributed by atoms with Gasteiger partial charge in [0.05, 0.1) is 27.2 Å². The van der Waals surface area contributed by atoms with Gasteiger partial charge in [-0.25, -0.2) is 0 Å². The van der Waals surface area contributed by atoms with E-state index in [0.29, 0.717) is 0 Å². The number of quaternary nitrogens is 2. The highest BCUT2D eigenvalue weighted by molar-refractivity contribution is 5.46. The van der Waals surface area contributed by atoms with E-state index in [1.54, 1.807) is 7.11 Å². The van der Waals surface area contributed by atoms with Gasteiger partial charge >= 0.3 is 0 Å². The summed E-state index contributed by atoms with van der Waals surface area (Å²) in [6.07, 6.45) is 34.2. The van der Waals surface area contributed by atoms with Gasteiger partial charge < -0.3 is 20.3 Å². The van der Waals surface area contributed by atoms with Crippen LogP contribution in [0.1, 0.15) is 58.8 Å². The summed E-state index contributed by atoms with van der Waals surface area (Å²) < 4.78 is 5.30. The third-order valence-electron chi connectivity index (χ3n) is 5.03. The second kappa shape index (κ2) is 30.3. The Bertz CT molecular complexity index is 593. The number of methoxy groups -OCH3 is 1. The molecule has 2 aliphatic heterocycles. The number of likely N-dealkylation sites (tertiary alicyclic amines) is 1. The second-order valence-corrected chi connectivity index (χ2v) is 7.75. The van der Waals surface area contributed by atoms with Crippen molar-refractivity contribution in [3.63, 3.8) is 0 Å². The molecule has 0 radical (unpaired) electrons. The fourth-order valence-corrected chi connectivity index (χ4v) is 3.22. The summed E-state index contributed by atoms with van der Waals surface area (Å²) in [6.45, 7) is 13.6. The van der Waals surface area contributed by atoms with Crippen LogP contribution in [0.4, 0.5) is 0 Å². The lowest BCUT2D eigenvalue weighted by atomic mass is 10.1. The van der Waals surface area contributed by atoms with E-state index in [0.717, 1.165) is 43.9 Å². The number of amides is 1. The molecule has 2 fully saturated rings. The summed E-state index contributed by atoms with van der Waals surface area (Å²) in [5, 5.41) is 4.41.